The van der Waals surface area contributed by atoms with E-state index in [1.807, 2.05) is 0 Å². The van der Waals surface area contributed by atoms with Gasteiger partial charge in [0, 0.05) is 55.9 Å². The highest BCUT2D eigenvalue weighted by molar-refractivity contribution is 6.02. The average Bonchev–Trinajstić information content (AvgIpc) is 1.58. The molecule has 814 valence electrons. The summed E-state index contributed by atoms with van der Waals surface area (Å²) in [6, 6.07) is -11.8. The quantitative estimate of drug-likeness (QED) is 0.0183. The van der Waals surface area contributed by atoms with E-state index in [4.69, 9.17) is 17.2 Å². The lowest BCUT2D eigenvalue weighted by atomic mass is 9.99. The van der Waals surface area contributed by atoms with E-state index in [2.05, 4.69) is 121 Å². The summed E-state index contributed by atoms with van der Waals surface area (Å²) in [5.41, 5.74) is 18.7. The Hall–Kier alpha value is -14.5. The zero-order valence-corrected chi connectivity index (χ0v) is 84.2. The van der Waals surface area contributed by atoms with E-state index in [0.717, 1.165) is 6.92 Å². The molecule has 2 aromatic heterocycles. The molecule has 53 nitrogen and oxygen atoms in total. The molecule has 2 heterocycles. The molecule has 4 rings (SSSR count). The molecule has 53 heteroatoms. The minimum Gasteiger partial charge on any atom is -0.481 e. The Morgan fingerprint density at radius 3 is 1.02 bits per heavy atom. The Balaban J connectivity index is 1.50. The molecule has 4 aromatic rings. The number of H-pyrrole nitrogens is 2. The fourth-order valence-corrected chi connectivity index (χ4v) is 14.4. The SMILES string of the molecule is CC[C@H](C)[C@H](NC(=O)CNC(=O)[C@H](CC(C)C)NC(=O)[C@H](C)NC(=O)[C@H](C)NC(=O)[C@H](C)NC(=O)CNC(=O)[C@H](CCCCN)NC(=O)[C@H](CCCCN)NC(=O)[C@H](CC(C)C)NC(=O)[C@H](CO)NC(=O)[C@H](Cc1ccccc1)NC(=O)[C@H](Cc1cnc[nH]1)NC(=O)[C@H](CO)NC(=O)[C@H](Cc1cnc[nH]1)NC(=O)[C@H](CCC(=O)O)NC(=O)[C@H](CO)NC(=O)[C@@H](NC(=O)[C@H](Cc1ccccc1)NC(=O)[C@H](C)N)[C@@H](C)O)C(=O)O. The third-order valence-corrected chi connectivity index (χ3v) is 23.0. The minimum atomic E-state index is -2.01. The number of carbonyl (C=O) groups excluding carboxylic acids is 19. The summed E-state index contributed by atoms with van der Waals surface area (Å²) in [4.78, 5) is 302. The van der Waals surface area contributed by atoms with Crippen molar-refractivity contribution < 1.29 is 131 Å². The number of nitrogens with zero attached hydrogens (tertiary/aromatic N) is 2. The predicted molar refractivity (Wildman–Crippen MR) is 526 cm³/mol. The monoisotopic (exact) mass is 2070 g/mol. The second-order valence-electron chi connectivity index (χ2n) is 36.5. The van der Waals surface area contributed by atoms with Crippen LogP contribution in [0.15, 0.2) is 85.7 Å². The van der Waals surface area contributed by atoms with Gasteiger partial charge in [-0.05, 0) is 134 Å². The van der Waals surface area contributed by atoms with Crippen molar-refractivity contribution in [3.05, 3.63) is 108 Å². The first-order valence-corrected chi connectivity index (χ1v) is 48.4. The van der Waals surface area contributed by atoms with Crippen molar-refractivity contribution in [2.24, 2.45) is 35.0 Å². The van der Waals surface area contributed by atoms with E-state index in [9.17, 15) is 131 Å². The fourth-order valence-electron chi connectivity index (χ4n) is 14.4. The topological polar surface area (TPSA) is 844 Å². The highest BCUT2D eigenvalue weighted by atomic mass is 16.4. The highest BCUT2D eigenvalue weighted by Crippen LogP contribution is 2.16. The lowest BCUT2D eigenvalue weighted by molar-refractivity contribution is -0.143. The highest BCUT2D eigenvalue weighted by Gasteiger charge is 2.41. The number of aliphatic hydroxyl groups is 4. The number of carboxylic acids is 2. The van der Waals surface area contributed by atoms with Gasteiger partial charge in [0.1, 0.15) is 103 Å². The summed E-state index contributed by atoms with van der Waals surface area (Å²) in [6.07, 6.45) is 1.70. The molecule has 0 aliphatic rings. The molecule has 0 fully saturated rings. The Bertz CT molecular complexity index is 4980. The molecular formula is C94H146N26O27. The number of hydrogen-bond donors (Lipinski definition) is 30. The van der Waals surface area contributed by atoms with Gasteiger partial charge in [-0.15, -0.1) is 0 Å². The normalized spacial score (nSPS) is 15.3. The standard InChI is InChI=1S/C94H146N26O27/c1-12-50(6)75(94(146)147)119-73(126)42-101-82(134)63(33-48(2)3)111-80(132)54(10)106-79(131)53(9)105-78(130)52(8)104-72(125)41-100-81(133)60(27-19-21-31-95)107-83(135)61(28-20-22-32-96)108-85(137)64(34-49(4)5)112-91(143)69(43-121)116-86(138)65(35-56-23-15-13-16-24-56)113-87(139)67(37-58-39-98-46-102-58)115-92(144)70(44-122)117-88(140)68(38-59-40-99-47-103-59)114-84(136)62(29-30-74(127)128)109-90(142)71(45-123)118-93(145)76(55(11)124)120-89(141)66(110-77(129)51(7)97)36-57-25-17-14-18-26-57/h13-18,23-26,39-40,46-55,60-71,75-76,121-124H,12,19-22,27-38,41-45,95-97H2,1-11H3,(H,98,102)(H,99,103)(H,100,133)(H,101,134)(H,104,125)(H,105,130)(H,106,131)(H,107,135)(H,108,137)(H,109,142)(H,110,129)(H,111,132)(H,112,143)(H,113,139)(H,114,136)(H,115,144)(H,116,138)(H,117,140)(H,118,145)(H,119,126)(H,120,141)(H,127,128)(H,146,147)/t50-,51-,52-,53-,54-,55+,60-,61-,62-,63-,64-,65-,66-,67-,68-,69-,70-,71-,75-,76-/m0/s1. The molecule has 0 bridgehead atoms. The number of amides is 19. The van der Waals surface area contributed by atoms with Gasteiger partial charge in [0.2, 0.25) is 112 Å². The third-order valence-electron chi connectivity index (χ3n) is 23.0. The smallest absolute Gasteiger partial charge is 0.326 e. The molecule has 0 saturated heterocycles. The molecule has 2 aromatic carbocycles. The van der Waals surface area contributed by atoms with Crippen LogP contribution in [0.3, 0.4) is 0 Å². The van der Waals surface area contributed by atoms with E-state index in [0.29, 0.717) is 30.4 Å². The van der Waals surface area contributed by atoms with Crippen LogP contribution in [0.4, 0.5) is 0 Å². The van der Waals surface area contributed by atoms with Gasteiger partial charge in [0.15, 0.2) is 0 Å². The number of rotatable bonds is 68. The van der Waals surface area contributed by atoms with Gasteiger partial charge < -0.3 is 159 Å². The van der Waals surface area contributed by atoms with Gasteiger partial charge in [-0.25, -0.2) is 14.8 Å². The Labute approximate surface area is 849 Å². The molecule has 20 atom stereocenters. The maximum Gasteiger partial charge on any atom is 0.326 e. The van der Waals surface area contributed by atoms with Crippen molar-refractivity contribution in [2.75, 3.05) is 46.0 Å². The van der Waals surface area contributed by atoms with Crippen molar-refractivity contribution in [2.45, 2.75) is 287 Å². The van der Waals surface area contributed by atoms with Crippen LogP contribution < -0.4 is 118 Å². The van der Waals surface area contributed by atoms with Gasteiger partial charge in [-0.3, -0.25) is 95.9 Å². The number of imidazole rings is 2. The molecule has 0 aliphatic carbocycles. The van der Waals surface area contributed by atoms with Crippen LogP contribution in [-0.2, 0) is 126 Å². The van der Waals surface area contributed by atoms with Gasteiger partial charge in [0.05, 0.1) is 57.7 Å². The van der Waals surface area contributed by atoms with Crippen LogP contribution in [-0.4, -0.2) is 336 Å². The average molecular weight is 2070 g/mol. The molecular weight excluding hydrogens is 1930 g/mol. The fraction of sp³-hybridized carbons (Fsp3) is 0.585. The number of carboxylic acid groups (broad SMARTS) is 2. The zero-order chi connectivity index (χ0) is 110. The van der Waals surface area contributed by atoms with Crippen LogP contribution in [0.1, 0.15) is 169 Å². The van der Waals surface area contributed by atoms with Crippen molar-refractivity contribution in [1.82, 2.24) is 121 Å². The molecule has 0 radical (unpaired) electrons. The van der Waals surface area contributed by atoms with E-state index >= 15 is 0 Å². The number of aromatic amines is 2. The number of nitrogens with two attached hydrogens (primary N) is 3. The Morgan fingerprint density at radius 2 is 0.653 bits per heavy atom. The molecule has 0 spiro atoms. The van der Waals surface area contributed by atoms with Crippen molar-refractivity contribution in [3.63, 3.8) is 0 Å². The molecule has 0 aliphatic heterocycles. The van der Waals surface area contributed by atoms with Gasteiger partial charge in [-0.2, -0.15) is 0 Å². The lowest BCUT2D eigenvalue weighted by Crippen LogP contribution is -2.62. The second-order valence-corrected chi connectivity index (χ2v) is 36.5. The first kappa shape index (κ1) is 125. The summed E-state index contributed by atoms with van der Waals surface area (Å²) in [5.74, 6) is -23.0. The van der Waals surface area contributed by atoms with Crippen molar-refractivity contribution in [1.29, 1.82) is 0 Å². The first-order chi connectivity index (χ1) is 69.6. The van der Waals surface area contributed by atoms with Crippen LogP contribution in [0.2, 0.25) is 0 Å². The predicted octanol–water partition coefficient (Wildman–Crippen LogP) is -9.01. The summed E-state index contributed by atoms with van der Waals surface area (Å²) in [5, 5.41) is 108. The number of aromatic nitrogens is 4. The molecule has 19 amide bonds. The third kappa shape index (κ3) is 45.3. The van der Waals surface area contributed by atoms with Crippen LogP contribution in [0.25, 0.3) is 0 Å². The summed E-state index contributed by atoms with van der Waals surface area (Å²) in [6.45, 7) is 12.0. The first-order valence-electron chi connectivity index (χ1n) is 48.4. The van der Waals surface area contributed by atoms with Gasteiger partial charge >= 0.3 is 11.9 Å². The largest absolute Gasteiger partial charge is 0.481 e. The van der Waals surface area contributed by atoms with Crippen molar-refractivity contribution in [3.8, 4) is 0 Å². The van der Waals surface area contributed by atoms with Crippen LogP contribution in [0.5, 0.6) is 0 Å². The molecule has 33 N–H and O–H groups in total. The Kier molecular flexibility index (Phi) is 55.2. The van der Waals surface area contributed by atoms with E-state index < -0.39 is 304 Å². The van der Waals surface area contributed by atoms with E-state index in [1.165, 1.54) is 52.7 Å². The number of aliphatic carboxylic acids is 2. The lowest BCUT2D eigenvalue weighted by Gasteiger charge is -2.28. The Morgan fingerprint density at radius 1 is 0.340 bits per heavy atom. The van der Waals surface area contributed by atoms with Gasteiger partial charge in [-0.1, -0.05) is 109 Å². The second kappa shape index (κ2) is 65.0. The van der Waals surface area contributed by atoms with Gasteiger partial charge in [0.25, 0.3) is 0 Å². The summed E-state index contributed by atoms with van der Waals surface area (Å²) in [7, 11) is 0. The summed E-state index contributed by atoms with van der Waals surface area (Å²) >= 11 is 0. The number of aliphatic hydroxyl groups excluding tert-OH is 4. The van der Waals surface area contributed by atoms with Crippen molar-refractivity contribution >= 4 is 124 Å². The summed E-state index contributed by atoms with van der Waals surface area (Å²) < 4.78 is 0. The van der Waals surface area contributed by atoms with Crippen LogP contribution in [0, 0.1) is 17.8 Å². The number of carbonyl (C=O) groups is 21. The van der Waals surface area contributed by atoms with Crippen LogP contribution >= 0.6 is 0 Å². The zero-order valence-electron chi connectivity index (χ0n) is 84.2. The molecule has 0 saturated carbocycles. The number of hydrogen-bond acceptors (Lipinski definition) is 30. The number of unbranched alkanes of at least 4 members (excludes halogenated alkanes) is 2. The minimum absolute atomic E-state index is 0.0553. The maximum atomic E-state index is 14.9. The van der Waals surface area contributed by atoms with E-state index in [1.54, 1.807) is 102 Å². The maximum absolute atomic E-state index is 14.9. The molecule has 147 heavy (non-hydrogen) atoms. The number of nitrogens with one attached hydrogen (secondary N) is 21. The molecule has 0 unspecified atom stereocenters. The number of benzene rings is 2. The van der Waals surface area contributed by atoms with E-state index in [-0.39, 0.29) is 87.7 Å².